The van der Waals surface area contributed by atoms with Crippen LogP contribution < -0.4 is 15.4 Å². The monoisotopic (exact) mass is 486 g/mol. The van der Waals surface area contributed by atoms with Gasteiger partial charge in [-0.3, -0.25) is 0 Å². The number of nitrogens with one attached hydrogen (secondary N) is 3. The van der Waals surface area contributed by atoms with E-state index in [2.05, 4.69) is 25.6 Å². The summed E-state index contributed by atoms with van der Waals surface area (Å²) < 4.78 is 46.5. The predicted octanol–water partition coefficient (Wildman–Crippen LogP) is 4.87. The van der Waals surface area contributed by atoms with Crippen LogP contribution in [-0.2, 0) is 4.74 Å². The van der Waals surface area contributed by atoms with E-state index < -0.39 is 24.5 Å². The van der Waals surface area contributed by atoms with Gasteiger partial charge in [-0.25, -0.2) is 14.4 Å². The second kappa shape index (κ2) is 8.75. The first kappa shape index (κ1) is 19.0. The van der Waals surface area contributed by atoms with Crippen molar-refractivity contribution >= 4 is 34.0 Å². The second-order valence-corrected chi connectivity index (χ2v) is 8.73. The number of ether oxygens (including phenoxy) is 2. The van der Waals surface area contributed by atoms with E-state index in [-0.39, 0.29) is 23.3 Å². The molecule has 176 valence electrons. The Labute approximate surface area is 204 Å². The highest BCUT2D eigenvalue weighted by Gasteiger charge is 2.32. The smallest absolute Gasteiger partial charge is 0.255 e. The van der Waals surface area contributed by atoms with Crippen molar-refractivity contribution < 1.29 is 23.1 Å². The number of aromatic nitrogens is 3. The molecule has 34 heavy (non-hydrogen) atoms. The lowest BCUT2D eigenvalue weighted by Crippen LogP contribution is -2.48. The van der Waals surface area contributed by atoms with Gasteiger partial charge in [-0.2, -0.15) is 0 Å². The number of aliphatic hydroxyl groups excluding tert-OH is 1. The van der Waals surface area contributed by atoms with Gasteiger partial charge in [0.25, 0.3) is 5.88 Å². The second-order valence-electron chi connectivity index (χ2n) is 8.32. The van der Waals surface area contributed by atoms with Gasteiger partial charge < -0.3 is 30.2 Å². The van der Waals surface area contributed by atoms with Crippen molar-refractivity contribution in [3.8, 4) is 11.6 Å². The van der Waals surface area contributed by atoms with E-state index in [0.29, 0.717) is 40.1 Å². The maximum absolute atomic E-state index is 13.9. The van der Waals surface area contributed by atoms with Crippen LogP contribution in [-0.4, -0.2) is 45.8 Å². The molecule has 0 bridgehead atoms. The zero-order chi connectivity index (χ0) is 26.4. The Morgan fingerprint density at radius 3 is 3.00 bits per heavy atom. The van der Waals surface area contributed by atoms with E-state index in [0.717, 1.165) is 0 Å². The molecule has 3 aromatic heterocycles. The molecule has 4 aromatic rings. The number of hydrogen-bond acceptors (Lipinski definition) is 7. The minimum absolute atomic E-state index is 0.0772. The first-order chi connectivity index (χ1) is 17.5. The first-order valence-corrected chi connectivity index (χ1v) is 10.8. The van der Waals surface area contributed by atoms with Crippen molar-refractivity contribution in [3.05, 3.63) is 70.9 Å². The van der Waals surface area contributed by atoms with E-state index >= 15 is 0 Å². The third-order valence-corrected chi connectivity index (χ3v) is 6.05. The number of benzene rings is 1. The number of aliphatic hydroxyl groups is 1. The number of halogens is 2. The lowest BCUT2D eigenvalue weighted by molar-refractivity contribution is 0.154. The number of pyridine rings is 2. The Balaban J connectivity index is 1.46. The van der Waals surface area contributed by atoms with Crippen LogP contribution in [0.3, 0.4) is 0 Å². The van der Waals surface area contributed by atoms with Crippen LogP contribution in [0.15, 0.2) is 48.9 Å². The molecule has 0 saturated heterocycles. The van der Waals surface area contributed by atoms with Crippen molar-refractivity contribution in [1.82, 2.24) is 15.0 Å². The van der Waals surface area contributed by atoms with Gasteiger partial charge in [-0.05, 0) is 31.2 Å². The third kappa shape index (κ3) is 4.02. The molecule has 0 fully saturated rings. The van der Waals surface area contributed by atoms with Crippen LogP contribution in [0, 0.1) is 5.82 Å². The van der Waals surface area contributed by atoms with Gasteiger partial charge in [0.15, 0.2) is 5.82 Å². The summed E-state index contributed by atoms with van der Waals surface area (Å²) in [6, 6.07) is 7.31. The highest BCUT2D eigenvalue weighted by Crippen LogP contribution is 2.42. The Morgan fingerprint density at radius 2 is 2.21 bits per heavy atom. The topological polar surface area (TPSA) is 104 Å². The molecule has 0 aliphatic carbocycles. The lowest BCUT2D eigenvalue weighted by Gasteiger charge is -2.37. The standard InChI is InChI=1S/C24H23ClFN5O3/c1-24(12-33-2)11-30-18-10-29-22-19(20(18)31-24)15(9-28-22)21(32)14-6-5-13(8-16(14)25)34-23-17(26)4-3-7-27-23/h3-10,21,30-32H,11-12H2,1-2H3,(H,28,29)/t21?,24-/m0/s1/i2D3. The Kier molecular flexibility index (Phi) is 4.88. The molecule has 1 aliphatic heterocycles. The molecule has 10 heteroatoms. The summed E-state index contributed by atoms with van der Waals surface area (Å²) in [6.07, 6.45) is 3.55. The maximum Gasteiger partial charge on any atom is 0.255 e. The Hall–Kier alpha value is -3.40. The van der Waals surface area contributed by atoms with Crippen LogP contribution in [0.1, 0.15) is 28.3 Å². The normalized spacial score (nSPS) is 19.8. The molecule has 1 aromatic carbocycles. The lowest BCUT2D eigenvalue weighted by atomic mass is 9.96. The van der Waals surface area contributed by atoms with Crippen LogP contribution in [0.25, 0.3) is 11.0 Å². The fourth-order valence-corrected chi connectivity index (χ4v) is 4.27. The van der Waals surface area contributed by atoms with Gasteiger partial charge in [0.1, 0.15) is 17.5 Å². The number of fused-ring (bicyclic) bond motifs is 3. The summed E-state index contributed by atoms with van der Waals surface area (Å²) in [7, 11) is -2.52. The minimum Gasteiger partial charge on any atom is -0.436 e. The zero-order valence-corrected chi connectivity index (χ0v) is 18.8. The number of anilines is 2. The molecule has 1 aliphatic rings. The maximum atomic E-state index is 13.9. The Bertz CT molecular complexity index is 1470. The average molecular weight is 487 g/mol. The highest BCUT2D eigenvalue weighted by atomic mass is 35.5. The van der Waals surface area contributed by atoms with Gasteiger partial charge in [0, 0.05) is 37.1 Å². The molecule has 4 heterocycles. The van der Waals surface area contributed by atoms with Crippen LogP contribution in [0.2, 0.25) is 5.02 Å². The van der Waals surface area contributed by atoms with Crippen LogP contribution >= 0.6 is 11.6 Å². The molecular formula is C24H23ClFN5O3. The van der Waals surface area contributed by atoms with E-state index in [9.17, 15) is 9.50 Å². The Morgan fingerprint density at radius 1 is 1.32 bits per heavy atom. The number of rotatable bonds is 6. The summed E-state index contributed by atoms with van der Waals surface area (Å²) in [5.74, 6) is -0.547. The summed E-state index contributed by atoms with van der Waals surface area (Å²) in [5.41, 5.74) is 2.01. The molecular weight excluding hydrogens is 461 g/mol. The fraction of sp³-hybridized carbons (Fsp3) is 0.250. The number of hydrogen-bond donors (Lipinski definition) is 4. The highest BCUT2D eigenvalue weighted by molar-refractivity contribution is 6.31. The van der Waals surface area contributed by atoms with Crippen molar-refractivity contribution in [2.45, 2.75) is 18.6 Å². The van der Waals surface area contributed by atoms with Gasteiger partial charge in [-0.15, -0.1) is 0 Å². The average Bonchev–Trinajstić information content (AvgIpc) is 3.29. The van der Waals surface area contributed by atoms with Gasteiger partial charge in [0.2, 0.25) is 0 Å². The SMILES string of the molecule is [2H]C([2H])([2H])OC[C@]1(C)CNc2cnc3[nH]cc(C(O)c4ccc(Oc5ncccc5F)cc4Cl)c3c2N1. The van der Waals surface area contributed by atoms with Crippen molar-refractivity contribution in [1.29, 1.82) is 0 Å². The number of methoxy groups -OCH3 is 1. The van der Waals surface area contributed by atoms with Gasteiger partial charge in [0.05, 0.1) is 44.2 Å². The quantitative estimate of drug-likeness (QED) is 0.308. The van der Waals surface area contributed by atoms with E-state index in [1.807, 2.05) is 6.92 Å². The number of nitrogens with zero attached hydrogens (tertiary/aromatic N) is 2. The van der Waals surface area contributed by atoms with Crippen LogP contribution in [0.4, 0.5) is 15.8 Å². The van der Waals surface area contributed by atoms with Crippen molar-refractivity contribution in [2.24, 2.45) is 0 Å². The fourth-order valence-electron chi connectivity index (χ4n) is 4.00. The molecule has 1 unspecified atom stereocenters. The molecule has 0 radical (unpaired) electrons. The zero-order valence-electron chi connectivity index (χ0n) is 21.0. The summed E-state index contributed by atoms with van der Waals surface area (Å²) in [6.45, 7) is 2.16. The molecule has 8 nitrogen and oxygen atoms in total. The van der Waals surface area contributed by atoms with Crippen LogP contribution in [0.5, 0.6) is 11.6 Å². The molecule has 4 N–H and O–H groups in total. The van der Waals surface area contributed by atoms with Gasteiger partial charge in [-0.1, -0.05) is 17.7 Å². The van der Waals surface area contributed by atoms with E-state index in [1.165, 1.54) is 24.4 Å². The van der Waals surface area contributed by atoms with Crippen molar-refractivity contribution in [2.75, 3.05) is 30.8 Å². The molecule has 0 saturated carbocycles. The molecule has 0 spiro atoms. The summed E-state index contributed by atoms with van der Waals surface area (Å²) in [5, 5.41) is 18.8. The molecule has 2 atom stereocenters. The molecule has 5 rings (SSSR count). The minimum atomic E-state index is -2.52. The largest absolute Gasteiger partial charge is 0.436 e. The number of aromatic amines is 1. The summed E-state index contributed by atoms with van der Waals surface area (Å²) >= 11 is 6.49. The molecule has 0 amide bonds. The van der Waals surface area contributed by atoms with Gasteiger partial charge >= 0.3 is 0 Å². The first-order valence-electron chi connectivity index (χ1n) is 11.9. The third-order valence-electron chi connectivity index (χ3n) is 5.72. The van der Waals surface area contributed by atoms with Crippen molar-refractivity contribution in [3.63, 3.8) is 0 Å². The number of H-pyrrole nitrogens is 1. The predicted molar refractivity (Wildman–Crippen MR) is 128 cm³/mol. The van der Waals surface area contributed by atoms with E-state index in [4.69, 9.17) is 25.2 Å². The summed E-state index contributed by atoms with van der Waals surface area (Å²) in [4.78, 5) is 11.4. The van der Waals surface area contributed by atoms with E-state index in [1.54, 1.807) is 24.5 Å².